The summed E-state index contributed by atoms with van der Waals surface area (Å²) in [5.74, 6) is 1.55. The fraction of sp³-hybridized carbons (Fsp3) is 0.929. The molecule has 2 aliphatic rings. The quantitative estimate of drug-likeness (QED) is 0.763. The molecule has 0 aromatic carbocycles. The lowest BCUT2D eigenvalue weighted by atomic mass is 9.85. The van der Waals surface area contributed by atoms with Crippen LogP contribution in [-0.4, -0.2) is 25.0 Å². The SMILES string of the molecule is CC1CCC(N)[NH+](CC(=O)C2CCCCC2)C1. The van der Waals surface area contributed by atoms with Crippen molar-refractivity contribution in [2.45, 2.75) is 58.0 Å². The standard InChI is InChI=1S/C14H26N2O/c1-11-7-8-14(15)16(9-11)10-13(17)12-5-3-2-4-6-12/h11-12,14H,2-10,15H2,1H3/p+1. The minimum Gasteiger partial charge on any atom is -0.314 e. The number of piperidine rings is 1. The van der Waals surface area contributed by atoms with Crippen molar-refractivity contribution < 1.29 is 9.69 Å². The van der Waals surface area contributed by atoms with Crippen molar-refractivity contribution in [2.75, 3.05) is 13.1 Å². The Morgan fingerprint density at radius 3 is 2.59 bits per heavy atom. The van der Waals surface area contributed by atoms with Gasteiger partial charge in [-0.1, -0.05) is 26.2 Å². The fourth-order valence-electron chi connectivity index (χ4n) is 3.37. The molecule has 98 valence electrons. The van der Waals surface area contributed by atoms with Gasteiger partial charge in [-0.15, -0.1) is 0 Å². The molecule has 0 amide bonds. The number of rotatable bonds is 3. The second kappa shape index (κ2) is 5.96. The van der Waals surface area contributed by atoms with Crippen LogP contribution in [-0.2, 0) is 4.79 Å². The summed E-state index contributed by atoms with van der Waals surface area (Å²) in [4.78, 5) is 13.6. The largest absolute Gasteiger partial charge is 0.314 e. The van der Waals surface area contributed by atoms with Crippen LogP contribution in [0.5, 0.6) is 0 Å². The first kappa shape index (κ1) is 13.0. The summed E-state index contributed by atoms with van der Waals surface area (Å²) in [6, 6.07) is 0. The molecule has 0 aromatic rings. The van der Waals surface area contributed by atoms with Gasteiger partial charge >= 0.3 is 0 Å². The van der Waals surface area contributed by atoms with Gasteiger partial charge in [0.05, 0.1) is 6.54 Å². The average molecular weight is 239 g/mol. The summed E-state index contributed by atoms with van der Waals surface area (Å²) < 4.78 is 0. The zero-order valence-electron chi connectivity index (χ0n) is 11.1. The van der Waals surface area contributed by atoms with Crippen LogP contribution in [0.15, 0.2) is 0 Å². The first-order valence-corrected chi connectivity index (χ1v) is 7.29. The predicted molar refractivity (Wildman–Crippen MR) is 68.7 cm³/mol. The van der Waals surface area contributed by atoms with Crippen LogP contribution >= 0.6 is 0 Å². The highest BCUT2D eigenvalue weighted by Gasteiger charge is 2.31. The monoisotopic (exact) mass is 239 g/mol. The van der Waals surface area contributed by atoms with Crippen LogP contribution in [0.4, 0.5) is 0 Å². The minimum absolute atomic E-state index is 0.193. The Balaban J connectivity index is 1.83. The number of hydrogen-bond acceptors (Lipinski definition) is 2. The summed E-state index contributed by atoms with van der Waals surface area (Å²) in [6.07, 6.45) is 8.54. The van der Waals surface area contributed by atoms with E-state index in [9.17, 15) is 4.79 Å². The lowest BCUT2D eigenvalue weighted by molar-refractivity contribution is -0.926. The van der Waals surface area contributed by atoms with Crippen LogP contribution in [0.25, 0.3) is 0 Å². The van der Waals surface area contributed by atoms with E-state index in [1.54, 1.807) is 0 Å². The molecule has 1 heterocycles. The smallest absolute Gasteiger partial charge is 0.189 e. The Kier molecular flexibility index (Phi) is 4.57. The maximum Gasteiger partial charge on any atom is 0.189 e. The number of nitrogens with two attached hydrogens (primary N) is 1. The van der Waals surface area contributed by atoms with Crippen molar-refractivity contribution in [3.05, 3.63) is 0 Å². The fourth-order valence-corrected chi connectivity index (χ4v) is 3.37. The molecule has 3 nitrogen and oxygen atoms in total. The summed E-state index contributed by atoms with van der Waals surface area (Å²) in [5, 5.41) is 0. The topological polar surface area (TPSA) is 47.5 Å². The number of carbonyl (C=O) groups excluding carboxylic acids is 1. The maximum absolute atomic E-state index is 12.2. The highest BCUT2D eigenvalue weighted by atomic mass is 16.1. The van der Waals surface area contributed by atoms with Gasteiger partial charge in [0.25, 0.3) is 0 Å². The van der Waals surface area contributed by atoms with Gasteiger partial charge in [0.1, 0.15) is 12.7 Å². The molecular weight excluding hydrogens is 212 g/mol. The molecule has 2 fully saturated rings. The summed E-state index contributed by atoms with van der Waals surface area (Å²) in [5.41, 5.74) is 6.13. The number of nitrogens with one attached hydrogen (secondary N) is 1. The van der Waals surface area contributed by atoms with E-state index in [1.165, 1.54) is 30.6 Å². The van der Waals surface area contributed by atoms with Gasteiger partial charge in [-0.2, -0.15) is 0 Å². The molecule has 1 aliphatic heterocycles. The molecule has 0 bridgehead atoms. The second-order valence-electron chi connectivity index (χ2n) is 6.13. The van der Waals surface area contributed by atoms with Gasteiger partial charge in [-0.05, 0) is 19.3 Å². The molecule has 0 aromatic heterocycles. The van der Waals surface area contributed by atoms with E-state index < -0.39 is 0 Å². The zero-order chi connectivity index (χ0) is 12.3. The Labute approximate surface area is 105 Å². The van der Waals surface area contributed by atoms with Gasteiger partial charge in [0.15, 0.2) is 5.78 Å². The van der Waals surface area contributed by atoms with Crippen molar-refractivity contribution in [1.82, 2.24) is 0 Å². The molecule has 0 radical (unpaired) electrons. The van der Waals surface area contributed by atoms with Crippen LogP contribution in [0.3, 0.4) is 0 Å². The Morgan fingerprint density at radius 1 is 1.18 bits per heavy atom. The van der Waals surface area contributed by atoms with E-state index in [0.29, 0.717) is 18.2 Å². The number of carbonyl (C=O) groups is 1. The third kappa shape index (κ3) is 3.52. The highest BCUT2D eigenvalue weighted by Crippen LogP contribution is 2.23. The molecule has 3 heteroatoms. The van der Waals surface area contributed by atoms with Gasteiger partial charge in [-0.3, -0.25) is 10.5 Å². The molecule has 3 N–H and O–H groups in total. The van der Waals surface area contributed by atoms with Crippen molar-refractivity contribution >= 4 is 5.78 Å². The number of likely N-dealkylation sites (tertiary alicyclic amines) is 1. The minimum atomic E-state index is 0.193. The van der Waals surface area contributed by atoms with Gasteiger partial charge in [0.2, 0.25) is 0 Å². The molecule has 2 rings (SSSR count). The zero-order valence-corrected chi connectivity index (χ0v) is 11.1. The molecule has 0 spiro atoms. The van der Waals surface area contributed by atoms with Crippen LogP contribution < -0.4 is 10.6 Å². The van der Waals surface area contributed by atoms with Gasteiger partial charge in [0, 0.05) is 18.3 Å². The van der Waals surface area contributed by atoms with E-state index in [4.69, 9.17) is 5.73 Å². The molecule has 1 aliphatic carbocycles. The van der Waals surface area contributed by atoms with Crippen molar-refractivity contribution in [3.63, 3.8) is 0 Å². The number of ketones is 1. The summed E-state index contributed by atoms with van der Waals surface area (Å²) in [7, 11) is 0. The summed E-state index contributed by atoms with van der Waals surface area (Å²) >= 11 is 0. The van der Waals surface area contributed by atoms with Crippen LogP contribution in [0.1, 0.15) is 51.9 Å². The van der Waals surface area contributed by atoms with E-state index >= 15 is 0 Å². The number of quaternary nitrogens is 1. The third-order valence-electron chi connectivity index (χ3n) is 4.57. The Bertz CT molecular complexity index is 261. The molecule has 17 heavy (non-hydrogen) atoms. The molecule has 3 unspecified atom stereocenters. The first-order valence-electron chi connectivity index (χ1n) is 7.29. The van der Waals surface area contributed by atoms with Crippen LogP contribution in [0, 0.1) is 11.8 Å². The van der Waals surface area contributed by atoms with E-state index in [2.05, 4.69) is 6.92 Å². The van der Waals surface area contributed by atoms with E-state index in [1.807, 2.05) is 0 Å². The predicted octanol–water partition coefficient (Wildman–Crippen LogP) is 0.735. The van der Waals surface area contributed by atoms with E-state index in [-0.39, 0.29) is 6.17 Å². The number of hydrogen-bond donors (Lipinski definition) is 2. The lowest BCUT2D eigenvalue weighted by Gasteiger charge is -2.33. The van der Waals surface area contributed by atoms with Gasteiger partial charge < -0.3 is 4.90 Å². The average Bonchev–Trinajstić information content (AvgIpc) is 2.35. The van der Waals surface area contributed by atoms with Crippen molar-refractivity contribution in [3.8, 4) is 0 Å². The molecule has 3 atom stereocenters. The number of Topliss-reactive ketones (excluding diaryl/α,β-unsaturated/α-hetero) is 1. The summed E-state index contributed by atoms with van der Waals surface area (Å²) in [6.45, 7) is 4.03. The maximum atomic E-state index is 12.2. The molecular formula is C14H27N2O+. The first-order chi connectivity index (χ1) is 8.16. The highest BCUT2D eigenvalue weighted by molar-refractivity contribution is 5.81. The van der Waals surface area contributed by atoms with Gasteiger partial charge in [-0.25, -0.2) is 0 Å². The lowest BCUT2D eigenvalue weighted by Crippen LogP contribution is -3.19. The molecule has 1 saturated heterocycles. The van der Waals surface area contributed by atoms with Crippen molar-refractivity contribution in [2.24, 2.45) is 17.6 Å². The van der Waals surface area contributed by atoms with Crippen LogP contribution in [0.2, 0.25) is 0 Å². The van der Waals surface area contributed by atoms with E-state index in [0.717, 1.165) is 31.7 Å². The Morgan fingerprint density at radius 2 is 1.88 bits per heavy atom. The Hall–Kier alpha value is -0.410. The normalized spacial score (nSPS) is 35.8. The second-order valence-corrected chi connectivity index (χ2v) is 6.13. The van der Waals surface area contributed by atoms with Crippen molar-refractivity contribution in [1.29, 1.82) is 0 Å². The third-order valence-corrected chi connectivity index (χ3v) is 4.57. The molecule has 1 saturated carbocycles.